The molecular formula is C10H17N3. The van der Waals surface area contributed by atoms with Crippen molar-refractivity contribution in [3.8, 4) is 0 Å². The molecule has 3 nitrogen and oxygen atoms in total. The smallest absolute Gasteiger partial charge is 0.126 e. The summed E-state index contributed by atoms with van der Waals surface area (Å²) >= 11 is 0. The van der Waals surface area contributed by atoms with Crippen LogP contribution in [0.1, 0.15) is 32.6 Å². The van der Waals surface area contributed by atoms with Crippen molar-refractivity contribution >= 4 is 0 Å². The predicted octanol–water partition coefficient (Wildman–Crippen LogP) is 1.57. The van der Waals surface area contributed by atoms with E-state index in [9.17, 15) is 0 Å². The third-order valence-corrected chi connectivity index (χ3v) is 2.57. The molecule has 1 unspecified atom stereocenters. The lowest BCUT2D eigenvalue weighted by molar-refractivity contribution is 0.233. The lowest BCUT2D eigenvalue weighted by Gasteiger charge is -2.34. The lowest BCUT2D eigenvalue weighted by Crippen LogP contribution is -2.40. The SMILES string of the molecule is CC(C)(C)C1NCCn2ccnc21. The van der Waals surface area contributed by atoms with Gasteiger partial charge < -0.3 is 9.88 Å². The van der Waals surface area contributed by atoms with Crippen molar-refractivity contribution in [2.24, 2.45) is 5.41 Å². The number of rotatable bonds is 0. The highest BCUT2D eigenvalue weighted by molar-refractivity contribution is 5.06. The van der Waals surface area contributed by atoms with Gasteiger partial charge in [-0.1, -0.05) is 20.8 Å². The second-order valence-electron chi connectivity index (χ2n) is 4.73. The lowest BCUT2D eigenvalue weighted by atomic mass is 9.85. The molecule has 1 aromatic rings. The number of nitrogens with zero attached hydrogens (tertiary/aromatic N) is 2. The molecule has 0 radical (unpaired) electrons. The Bertz CT molecular complexity index is 295. The van der Waals surface area contributed by atoms with Crippen LogP contribution in [0, 0.1) is 5.41 Å². The Labute approximate surface area is 79.2 Å². The summed E-state index contributed by atoms with van der Waals surface area (Å²) in [5.41, 5.74) is 0.240. The number of hydrogen-bond donors (Lipinski definition) is 1. The minimum Gasteiger partial charge on any atom is -0.332 e. The van der Waals surface area contributed by atoms with Gasteiger partial charge in [0.1, 0.15) is 5.82 Å². The Morgan fingerprint density at radius 3 is 3.00 bits per heavy atom. The van der Waals surface area contributed by atoms with E-state index in [1.807, 2.05) is 6.20 Å². The monoisotopic (exact) mass is 179 g/mol. The van der Waals surface area contributed by atoms with Crippen LogP contribution in [0.4, 0.5) is 0 Å². The van der Waals surface area contributed by atoms with Gasteiger partial charge in [0.05, 0.1) is 6.04 Å². The quantitative estimate of drug-likeness (QED) is 0.655. The van der Waals surface area contributed by atoms with E-state index in [0.717, 1.165) is 13.1 Å². The van der Waals surface area contributed by atoms with E-state index in [2.05, 4.69) is 41.8 Å². The van der Waals surface area contributed by atoms with Crippen molar-refractivity contribution in [1.29, 1.82) is 0 Å². The van der Waals surface area contributed by atoms with Gasteiger partial charge in [-0.2, -0.15) is 0 Å². The van der Waals surface area contributed by atoms with Crippen LogP contribution >= 0.6 is 0 Å². The van der Waals surface area contributed by atoms with Gasteiger partial charge in [0.15, 0.2) is 0 Å². The summed E-state index contributed by atoms with van der Waals surface area (Å²) in [6.07, 6.45) is 3.95. The maximum absolute atomic E-state index is 4.41. The second-order valence-corrected chi connectivity index (χ2v) is 4.73. The molecule has 3 heteroatoms. The third-order valence-electron chi connectivity index (χ3n) is 2.57. The van der Waals surface area contributed by atoms with Gasteiger partial charge in [0.2, 0.25) is 0 Å². The fraction of sp³-hybridized carbons (Fsp3) is 0.700. The largest absolute Gasteiger partial charge is 0.332 e. The molecular weight excluding hydrogens is 162 g/mol. The van der Waals surface area contributed by atoms with Crippen LogP contribution in [0.3, 0.4) is 0 Å². The first-order valence-corrected chi connectivity index (χ1v) is 4.83. The number of fused-ring (bicyclic) bond motifs is 1. The van der Waals surface area contributed by atoms with Crippen molar-refractivity contribution in [2.75, 3.05) is 6.54 Å². The van der Waals surface area contributed by atoms with Crippen LogP contribution in [0.25, 0.3) is 0 Å². The van der Waals surface area contributed by atoms with Gasteiger partial charge in [0.25, 0.3) is 0 Å². The summed E-state index contributed by atoms with van der Waals surface area (Å²) in [5.74, 6) is 1.18. The zero-order valence-electron chi connectivity index (χ0n) is 8.54. The van der Waals surface area contributed by atoms with Crippen molar-refractivity contribution in [3.63, 3.8) is 0 Å². The molecule has 0 spiro atoms. The molecule has 72 valence electrons. The summed E-state index contributed by atoms with van der Waals surface area (Å²) in [5, 5.41) is 3.52. The molecule has 0 saturated heterocycles. The number of nitrogens with one attached hydrogen (secondary N) is 1. The summed E-state index contributed by atoms with van der Waals surface area (Å²) in [6.45, 7) is 8.83. The number of aromatic nitrogens is 2. The molecule has 1 atom stereocenters. The van der Waals surface area contributed by atoms with Gasteiger partial charge in [-0.05, 0) is 5.41 Å². The van der Waals surface area contributed by atoms with Gasteiger partial charge in [0, 0.05) is 25.5 Å². The number of hydrogen-bond acceptors (Lipinski definition) is 2. The Hall–Kier alpha value is -0.830. The molecule has 1 aliphatic heterocycles. The molecule has 0 saturated carbocycles. The van der Waals surface area contributed by atoms with E-state index in [0.29, 0.717) is 6.04 Å². The van der Waals surface area contributed by atoms with Crippen molar-refractivity contribution in [2.45, 2.75) is 33.4 Å². The summed E-state index contributed by atoms with van der Waals surface area (Å²) in [7, 11) is 0. The molecule has 1 N–H and O–H groups in total. The number of imidazole rings is 1. The van der Waals surface area contributed by atoms with Gasteiger partial charge in [-0.15, -0.1) is 0 Å². The second kappa shape index (κ2) is 2.84. The summed E-state index contributed by atoms with van der Waals surface area (Å²) in [6, 6.07) is 0.385. The first-order valence-electron chi connectivity index (χ1n) is 4.83. The highest BCUT2D eigenvalue weighted by atomic mass is 15.2. The average Bonchev–Trinajstić information content (AvgIpc) is 2.48. The van der Waals surface area contributed by atoms with E-state index < -0.39 is 0 Å². The van der Waals surface area contributed by atoms with E-state index in [1.54, 1.807) is 0 Å². The highest BCUT2D eigenvalue weighted by Crippen LogP contribution is 2.32. The molecule has 2 heterocycles. The maximum atomic E-state index is 4.41. The Morgan fingerprint density at radius 2 is 2.31 bits per heavy atom. The third kappa shape index (κ3) is 1.48. The van der Waals surface area contributed by atoms with Crippen LogP contribution in [-0.2, 0) is 6.54 Å². The molecule has 0 amide bonds. The van der Waals surface area contributed by atoms with E-state index in [-0.39, 0.29) is 5.41 Å². The highest BCUT2D eigenvalue weighted by Gasteiger charge is 2.31. The van der Waals surface area contributed by atoms with Gasteiger partial charge in [-0.3, -0.25) is 0 Å². The van der Waals surface area contributed by atoms with Crippen LogP contribution < -0.4 is 5.32 Å². The van der Waals surface area contributed by atoms with Gasteiger partial charge >= 0.3 is 0 Å². The maximum Gasteiger partial charge on any atom is 0.126 e. The van der Waals surface area contributed by atoms with Crippen molar-refractivity contribution in [1.82, 2.24) is 14.9 Å². The predicted molar refractivity (Wildman–Crippen MR) is 52.4 cm³/mol. The minimum atomic E-state index is 0.240. The van der Waals surface area contributed by atoms with Crippen LogP contribution in [0.2, 0.25) is 0 Å². The van der Waals surface area contributed by atoms with Crippen molar-refractivity contribution in [3.05, 3.63) is 18.2 Å². The van der Waals surface area contributed by atoms with E-state index in [1.165, 1.54) is 5.82 Å². The molecule has 2 rings (SSSR count). The topological polar surface area (TPSA) is 29.9 Å². The molecule has 0 aliphatic carbocycles. The van der Waals surface area contributed by atoms with E-state index >= 15 is 0 Å². The molecule has 13 heavy (non-hydrogen) atoms. The van der Waals surface area contributed by atoms with Crippen LogP contribution in [0.15, 0.2) is 12.4 Å². The molecule has 0 aromatic carbocycles. The Balaban J connectivity index is 2.35. The first-order chi connectivity index (χ1) is 6.09. The normalized spacial score (nSPS) is 22.8. The Kier molecular flexibility index (Phi) is 1.91. The first kappa shape index (κ1) is 8.75. The molecule has 0 bridgehead atoms. The zero-order valence-corrected chi connectivity index (χ0v) is 8.54. The minimum absolute atomic E-state index is 0.240. The zero-order chi connectivity index (χ0) is 9.47. The van der Waals surface area contributed by atoms with Crippen molar-refractivity contribution < 1.29 is 0 Å². The Morgan fingerprint density at radius 1 is 1.54 bits per heavy atom. The van der Waals surface area contributed by atoms with Gasteiger partial charge in [-0.25, -0.2) is 4.98 Å². The fourth-order valence-electron chi connectivity index (χ4n) is 1.88. The molecule has 1 aliphatic rings. The molecule has 0 fully saturated rings. The summed E-state index contributed by atoms with van der Waals surface area (Å²) in [4.78, 5) is 4.41. The summed E-state index contributed by atoms with van der Waals surface area (Å²) < 4.78 is 2.24. The molecule has 1 aromatic heterocycles. The van der Waals surface area contributed by atoms with Crippen LogP contribution in [-0.4, -0.2) is 16.1 Å². The van der Waals surface area contributed by atoms with Crippen LogP contribution in [0.5, 0.6) is 0 Å². The standard InChI is InChI=1S/C10H17N3/c1-10(2,3)8-9-12-5-7-13(9)6-4-11-8/h5,7-8,11H,4,6H2,1-3H3. The fourth-order valence-corrected chi connectivity index (χ4v) is 1.88. The van der Waals surface area contributed by atoms with E-state index in [4.69, 9.17) is 0 Å². The average molecular weight is 179 g/mol.